The summed E-state index contributed by atoms with van der Waals surface area (Å²) in [6.07, 6.45) is -0.149. The molecule has 0 saturated carbocycles. The Morgan fingerprint density at radius 3 is 2.08 bits per heavy atom. The number of rotatable bonds is 2. The summed E-state index contributed by atoms with van der Waals surface area (Å²) in [5.41, 5.74) is 1.52. The molecule has 0 unspecified atom stereocenters. The van der Waals surface area contributed by atoms with Crippen LogP contribution in [0.25, 0.3) is 0 Å². The minimum absolute atomic E-state index is 0.149. The van der Waals surface area contributed by atoms with Gasteiger partial charge in [0.25, 0.3) is 0 Å². The summed E-state index contributed by atoms with van der Waals surface area (Å²) in [6, 6.07) is 15.2. The minimum Gasteiger partial charge on any atom is -0.348 e. The third-order valence-corrected chi connectivity index (χ3v) is 5.63. The van der Waals surface area contributed by atoms with Crippen molar-refractivity contribution >= 4 is 63.5 Å². The molecule has 2 saturated heterocycles. The fraction of sp³-hybridized carbons (Fsp3) is 0.176. The molecule has 2 aromatic carbocycles. The molecule has 0 amide bonds. The van der Waals surface area contributed by atoms with Crippen molar-refractivity contribution in [2.75, 3.05) is 5.01 Å². The zero-order valence-corrected chi connectivity index (χ0v) is 16.3. The molecular weight excluding hydrogens is 395 g/mol. The topological polar surface area (TPSA) is 30.5 Å². The van der Waals surface area contributed by atoms with E-state index in [0.29, 0.717) is 20.3 Å². The number of anilines is 1. The molecule has 0 radical (unpaired) electrons. The highest BCUT2D eigenvalue weighted by atomic mass is 35.5. The van der Waals surface area contributed by atoms with Crippen LogP contribution in [0.1, 0.15) is 12.5 Å². The number of nitrogens with one attached hydrogen (secondary N) is 2. The SMILES string of the molecule is C[C@@]1(c2ccc(Cl)cc2)NC(=S)N2[C@H]1NC(=S)N2c1ccc(Cl)cc1. The minimum atomic E-state index is -0.451. The third-order valence-electron chi connectivity index (χ3n) is 4.55. The predicted molar refractivity (Wildman–Crippen MR) is 110 cm³/mol. The molecule has 4 nitrogen and oxygen atoms in total. The molecule has 2 aromatic rings. The largest absolute Gasteiger partial charge is 0.348 e. The lowest BCUT2D eigenvalue weighted by molar-refractivity contribution is 0.264. The summed E-state index contributed by atoms with van der Waals surface area (Å²) in [7, 11) is 0. The summed E-state index contributed by atoms with van der Waals surface area (Å²) in [5.74, 6) is 0. The molecule has 2 aliphatic heterocycles. The van der Waals surface area contributed by atoms with Crippen molar-refractivity contribution in [3.8, 4) is 0 Å². The number of hydrogen-bond donors (Lipinski definition) is 2. The summed E-state index contributed by atoms with van der Waals surface area (Å²) < 4.78 is 0. The Morgan fingerprint density at radius 2 is 1.48 bits per heavy atom. The van der Waals surface area contributed by atoms with E-state index in [2.05, 4.69) is 17.6 Å². The van der Waals surface area contributed by atoms with Crippen molar-refractivity contribution in [3.63, 3.8) is 0 Å². The van der Waals surface area contributed by atoms with Gasteiger partial charge < -0.3 is 10.6 Å². The zero-order valence-electron chi connectivity index (χ0n) is 13.2. The van der Waals surface area contributed by atoms with Gasteiger partial charge in [0, 0.05) is 10.0 Å². The molecular formula is C17H14Cl2N4S2. The number of thiocarbonyl (C=S) groups is 2. The molecule has 0 spiro atoms. The summed E-state index contributed by atoms with van der Waals surface area (Å²) in [5, 5.41) is 13.2. The fourth-order valence-electron chi connectivity index (χ4n) is 3.25. The highest BCUT2D eigenvalue weighted by molar-refractivity contribution is 7.81. The van der Waals surface area contributed by atoms with Gasteiger partial charge in [-0.15, -0.1) is 0 Å². The first-order valence-corrected chi connectivity index (χ1v) is 9.21. The lowest BCUT2D eigenvalue weighted by atomic mass is 9.90. The Balaban J connectivity index is 1.74. The van der Waals surface area contributed by atoms with Crippen LogP contribution in [0, 0.1) is 0 Å². The molecule has 2 fully saturated rings. The molecule has 4 rings (SSSR count). The molecule has 2 N–H and O–H groups in total. The maximum Gasteiger partial charge on any atom is 0.194 e. The van der Waals surface area contributed by atoms with Gasteiger partial charge in [0.05, 0.1) is 5.69 Å². The summed E-state index contributed by atoms with van der Waals surface area (Å²) in [4.78, 5) is 0. The molecule has 2 heterocycles. The van der Waals surface area contributed by atoms with E-state index < -0.39 is 5.54 Å². The first-order valence-electron chi connectivity index (χ1n) is 7.64. The van der Waals surface area contributed by atoms with Gasteiger partial charge in [-0.3, -0.25) is 0 Å². The van der Waals surface area contributed by atoms with Gasteiger partial charge in [-0.1, -0.05) is 35.3 Å². The van der Waals surface area contributed by atoms with Crippen LogP contribution in [-0.2, 0) is 5.54 Å². The Hall–Kier alpha value is -1.60. The van der Waals surface area contributed by atoms with Gasteiger partial charge in [-0.25, -0.2) is 10.0 Å². The Morgan fingerprint density at radius 1 is 0.920 bits per heavy atom. The van der Waals surface area contributed by atoms with Crippen LogP contribution < -0.4 is 15.6 Å². The normalized spacial score (nSPS) is 25.0. The number of hydrazine groups is 1. The van der Waals surface area contributed by atoms with Gasteiger partial charge >= 0.3 is 0 Å². The molecule has 2 atom stereocenters. The summed E-state index contributed by atoms with van der Waals surface area (Å²) >= 11 is 23.2. The zero-order chi connectivity index (χ0) is 17.8. The molecule has 0 bridgehead atoms. The maximum absolute atomic E-state index is 6.03. The monoisotopic (exact) mass is 408 g/mol. The molecule has 0 aliphatic carbocycles. The van der Waals surface area contributed by atoms with Gasteiger partial charge in [0.2, 0.25) is 0 Å². The van der Waals surface area contributed by atoms with E-state index in [9.17, 15) is 0 Å². The molecule has 2 aliphatic rings. The van der Waals surface area contributed by atoms with E-state index in [-0.39, 0.29) is 6.17 Å². The van der Waals surface area contributed by atoms with Gasteiger partial charge in [-0.2, -0.15) is 0 Å². The van der Waals surface area contributed by atoms with Crippen LogP contribution in [0.4, 0.5) is 5.69 Å². The van der Waals surface area contributed by atoms with E-state index in [1.165, 1.54) is 0 Å². The predicted octanol–water partition coefficient (Wildman–Crippen LogP) is 4.03. The maximum atomic E-state index is 6.03. The van der Waals surface area contributed by atoms with Gasteiger partial charge in [0.15, 0.2) is 16.4 Å². The first-order chi connectivity index (χ1) is 11.9. The second kappa shape index (κ2) is 5.99. The number of fused-ring (bicyclic) bond motifs is 1. The third kappa shape index (κ3) is 2.64. The van der Waals surface area contributed by atoms with Crippen LogP contribution in [0.15, 0.2) is 48.5 Å². The van der Waals surface area contributed by atoms with Crippen LogP contribution in [-0.4, -0.2) is 21.4 Å². The average Bonchev–Trinajstić information content (AvgIpc) is 3.05. The van der Waals surface area contributed by atoms with Crippen molar-refractivity contribution in [1.82, 2.24) is 15.6 Å². The standard InChI is InChI=1S/C17H14Cl2N4S2/c1-17(10-2-4-11(18)5-3-10)14-20-15(24)22(23(14)16(25)21-17)13-8-6-12(19)7-9-13/h2-9,14H,1H3,(H,20,24)(H,21,25)/t14-,17+/m1/s1. The lowest BCUT2D eigenvalue weighted by Gasteiger charge is -2.31. The van der Waals surface area contributed by atoms with Crippen molar-refractivity contribution in [1.29, 1.82) is 0 Å². The van der Waals surface area contributed by atoms with Gasteiger partial charge in [-0.05, 0) is 73.3 Å². The van der Waals surface area contributed by atoms with Gasteiger partial charge in [0.1, 0.15) is 5.54 Å². The molecule has 128 valence electrons. The molecule has 25 heavy (non-hydrogen) atoms. The number of halogens is 2. The Bertz CT molecular complexity index is 856. The van der Waals surface area contributed by atoms with Crippen molar-refractivity contribution in [3.05, 3.63) is 64.1 Å². The van der Waals surface area contributed by atoms with E-state index >= 15 is 0 Å². The average molecular weight is 409 g/mol. The fourth-order valence-corrected chi connectivity index (χ4v) is 4.20. The van der Waals surface area contributed by atoms with E-state index in [1.807, 2.05) is 58.5 Å². The Labute approximate surface area is 166 Å². The van der Waals surface area contributed by atoms with Crippen molar-refractivity contribution in [2.45, 2.75) is 18.6 Å². The highest BCUT2D eigenvalue weighted by Gasteiger charge is 2.55. The number of benzene rings is 2. The summed E-state index contributed by atoms with van der Waals surface area (Å²) in [6.45, 7) is 2.09. The second-order valence-electron chi connectivity index (χ2n) is 6.12. The van der Waals surface area contributed by atoms with E-state index in [0.717, 1.165) is 11.3 Å². The lowest BCUT2D eigenvalue weighted by Crippen LogP contribution is -2.49. The van der Waals surface area contributed by atoms with Crippen LogP contribution >= 0.6 is 47.6 Å². The van der Waals surface area contributed by atoms with Crippen molar-refractivity contribution < 1.29 is 0 Å². The Kier molecular flexibility index (Phi) is 4.03. The second-order valence-corrected chi connectivity index (χ2v) is 7.77. The van der Waals surface area contributed by atoms with E-state index in [4.69, 9.17) is 47.6 Å². The number of nitrogens with zero attached hydrogens (tertiary/aromatic N) is 2. The number of hydrogen-bond acceptors (Lipinski definition) is 2. The molecule has 8 heteroatoms. The smallest absolute Gasteiger partial charge is 0.194 e. The van der Waals surface area contributed by atoms with Crippen molar-refractivity contribution in [2.24, 2.45) is 0 Å². The van der Waals surface area contributed by atoms with E-state index in [1.54, 1.807) is 0 Å². The van der Waals surface area contributed by atoms with Crippen LogP contribution in [0.3, 0.4) is 0 Å². The van der Waals surface area contributed by atoms with Crippen LogP contribution in [0.5, 0.6) is 0 Å². The quantitative estimate of drug-likeness (QED) is 0.729. The first kappa shape index (κ1) is 16.8. The highest BCUT2D eigenvalue weighted by Crippen LogP contribution is 2.38. The van der Waals surface area contributed by atoms with Crippen LogP contribution in [0.2, 0.25) is 10.0 Å². The molecule has 0 aromatic heterocycles.